The van der Waals surface area contributed by atoms with Crippen LogP contribution in [0.3, 0.4) is 0 Å². The highest BCUT2D eigenvalue weighted by molar-refractivity contribution is 7.09. The second-order valence-electron chi connectivity index (χ2n) is 3.88. The zero-order chi connectivity index (χ0) is 12.1. The summed E-state index contributed by atoms with van der Waals surface area (Å²) in [6, 6.07) is 8.49. The van der Waals surface area contributed by atoms with Gasteiger partial charge >= 0.3 is 0 Å². The molecule has 0 amide bonds. The fourth-order valence-corrected chi connectivity index (χ4v) is 2.17. The zero-order valence-electron chi connectivity index (χ0n) is 9.88. The number of hydrogen-bond acceptors (Lipinski definition) is 5. The van der Waals surface area contributed by atoms with Gasteiger partial charge < -0.3 is 10.1 Å². The first-order valence-electron chi connectivity index (χ1n) is 5.45. The van der Waals surface area contributed by atoms with E-state index in [4.69, 9.17) is 4.74 Å². The van der Waals surface area contributed by atoms with Crippen LogP contribution in [0, 0.1) is 0 Å². The predicted octanol–water partition coefficient (Wildman–Crippen LogP) is 2.59. The van der Waals surface area contributed by atoms with Gasteiger partial charge in [-0.1, -0.05) is 16.6 Å². The summed E-state index contributed by atoms with van der Waals surface area (Å²) in [7, 11) is 1.68. The Hall–Kier alpha value is -1.62. The predicted molar refractivity (Wildman–Crippen MR) is 69.7 cm³/mol. The molecule has 1 N–H and O–H groups in total. The van der Waals surface area contributed by atoms with Crippen LogP contribution in [0.2, 0.25) is 0 Å². The lowest BCUT2D eigenvalue weighted by Gasteiger charge is -2.13. The number of methoxy groups -OCH3 is 1. The minimum atomic E-state index is 0.352. The summed E-state index contributed by atoms with van der Waals surface area (Å²) >= 11 is 1.38. The quantitative estimate of drug-likeness (QED) is 0.884. The molecule has 1 unspecified atom stereocenters. The third-order valence-electron chi connectivity index (χ3n) is 2.45. The fourth-order valence-electron chi connectivity index (χ4n) is 1.64. The molecule has 0 saturated carbocycles. The minimum absolute atomic E-state index is 0.352. The largest absolute Gasteiger partial charge is 0.497 e. The van der Waals surface area contributed by atoms with Crippen LogP contribution in [0.4, 0.5) is 5.00 Å². The highest BCUT2D eigenvalue weighted by Gasteiger charge is 2.05. The molecule has 90 valence electrons. The van der Waals surface area contributed by atoms with E-state index in [0.29, 0.717) is 6.04 Å². The van der Waals surface area contributed by atoms with Crippen molar-refractivity contribution in [3.63, 3.8) is 0 Å². The van der Waals surface area contributed by atoms with Crippen molar-refractivity contribution in [1.29, 1.82) is 0 Å². The Morgan fingerprint density at radius 1 is 1.35 bits per heavy atom. The van der Waals surface area contributed by atoms with E-state index in [2.05, 4.69) is 34.0 Å². The molecule has 17 heavy (non-hydrogen) atoms. The van der Waals surface area contributed by atoms with Gasteiger partial charge in [0.1, 0.15) is 10.8 Å². The number of rotatable bonds is 5. The molecule has 0 aliphatic carbocycles. The number of nitrogens with one attached hydrogen (secondary N) is 1. The Morgan fingerprint density at radius 2 is 2.12 bits per heavy atom. The maximum Gasteiger partial charge on any atom is 0.130 e. The van der Waals surface area contributed by atoms with Gasteiger partial charge in [-0.15, -0.1) is 5.10 Å². The first-order valence-corrected chi connectivity index (χ1v) is 6.22. The number of nitrogens with zero attached hydrogens (tertiary/aromatic N) is 2. The topological polar surface area (TPSA) is 47.0 Å². The van der Waals surface area contributed by atoms with Gasteiger partial charge in [0.25, 0.3) is 0 Å². The van der Waals surface area contributed by atoms with Crippen molar-refractivity contribution in [3.05, 3.63) is 36.0 Å². The first kappa shape index (κ1) is 11.9. The van der Waals surface area contributed by atoms with Crippen LogP contribution in [-0.2, 0) is 6.42 Å². The van der Waals surface area contributed by atoms with Gasteiger partial charge in [0, 0.05) is 17.6 Å². The van der Waals surface area contributed by atoms with E-state index < -0.39 is 0 Å². The van der Waals surface area contributed by atoms with Gasteiger partial charge in [-0.25, -0.2) is 0 Å². The number of aromatic nitrogens is 2. The molecule has 1 aromatic heterocycles. The molecule has 0 bridgehead atoms. The molecular weight excluding hydrogens is 234 g/mol. The van der Waals surface area contributed by atoms with Crippen LogP contribution in [-0.4, -0.2) is 22.7 Å². The van der Waals surface area contributed by atoms with Gasteiger partial charge in [0.2, 0.25) is 0 Å². The summed E-state index contributed by atoms with van der Waals surface area (Å²) in [4.78, 5) is 0. The Balaban J connectivity index is 1.91. The number of benzene rings is 1. The Morgan fingerprint density at radius 3 is 2.71 bits per heavy atom. The number of hydrogen-bond donors (Lipinski definition) is 1. The summed E-state index contributed by atoms with van der Waals surface area (Å²) in [5.74, 6) is 0.890. The monoisotopic (exact) mass is 249 g/mol. The standard InChI is InChI=1S/C12H15N3OS/c1-9(14-12-8-13-15-17-12)7-10-3-5-11(16-2)6-4-10/h3-6,8-9,14H,7H2,1-2H3. The van der Waals surface area contributed by atoms with Gasteiger partial charge in [0.05, 0.1) is 13.3 Å². The summed E-state index contributed by atoms with van der Waals surface area (Å²) in [6.45, 7) is 2.14. The van der Waals surface area contributed by atoms with Crippen molar-refractivity contribution in [2.75, 3.05) is 12.4 Å². The van der Waals surface area contributed by atoms with Gasteiger partial charge in [0.15, 0.2) is 0 Å². The summed E-state index contributed by atoms with van der Waals surface area (Å²) in [6.07, 6.45) is 2.71. The average Bonchev–Trinajstić information content (AvgIpc) is 2.82. The molecule has 4 nitrogen and oxygen atoms in total. The Labute approximate surface area is 105 Å². The molecule has 2 aromatic rings. The Bertz CT molecular complexity index is 441. The van der Waals surface area contributed by atoms with Crippen molar-refractivity contribution in [1.82, 2.24) is 9.59 Å². The first-order chi connectivity index (χ1) is 8.28. The van der Waals surface area contributed by atoms with Crippen LogP contribution in [0.1, 0.15) is 12.5 Å². The molecule has 1 aromatic carbocycles. The SMILES string of the molecule is COc1ccc(CC(C)Nc2cnns2)cc1. The molecule has 2 rings (SSSR count). The van der Waals surface area contributed by atoms with E-state index >= 15 is 0 Å². The van der Waals surface area contributed by atoms with Crippen molar-refractivity contribution in [2.45, 2.75) is 19.4 Å². The maximum atomic E-state index is 5.13. The van der Waals surface area contributed by atoms with Gasteiger partial charge in [-0.2, -0.15) is 0 Å². The molecular formula is C12H15N3OS. The van der Waals surface area contributed by atoms with E-state index in [-0.39, 0.29) is 0 Å². The van der Waals surface area contributed by atoms with E-state index in [1.54, 1.807) is 13.3 Å². The van der Waals surface area contributed by atoms with Crippen LogP contribution in [0.5, 0.6) is 5.75 Å². The average molecular weight is 249 g/mol. The minimum Gasteiger partial charge on any atom is -0.497 e. The second-order valence-corrected chi connectivity index (χ2v) is 4.67. The van der Waals surface area contributed by atoms with Crippen LogP contribution in [0.25, 0.3) is 0 Å². The van der Waals surface area contributed by atoms with Crippen molar-refractivity contribution < 1.29 is 4.74 Å². The number of ether oxygens (including phenoxy) is 1. The van der Waals surface area contributed by atoms with Crippen LogP contribution >= 0.6 is 11.5 Å². The van der Waals surface area contributed by atoms with Crippen molar-refractivity contribution in [2.24, 2.45) is 0 Å². The summed E-state index contributed by atoms with van der Waals surface area (Å²) in [5.41, 5.74) is 1.28. The maximum absolute atomic E-state index is 5.13. The molecule has 0 aliphatic rings. The van der Waals surface area contributed by atoms with E-state index in [0.717, 1.165) is 17.2 Å². The van der Waals surface area contributed by atoms with Crippen molar-refractivity contribution >= 4 is 16.5 Å². The fraction of sp³-hybridized carbons (Fsp3) is 0.333. The van der Waals surface area contributed by atoms with Crippen LogP contribution in [0.15, 0.2) is 30.5 Å². The molecule has 0 spiro atoms. The lowest BCUT2D eigenvalue weighted by Crippen LogP contribution is -2.17. The summed E-state index contributed by atoms with van der Waals surface area (Å²) < 4.78 is 8.95. The highest BCUT2D eigenvalue weighted by atomic mass is 32.1. The van der Waals surface area contributed by atoms with Gasteiger partial charge in [-0.05, 0) is 31.0 Å². The second kappa shape index (κ2) is 5.63. The molecule has 0 saturated heterocycles. The van der Waals surface area contributed by atoms with Crippen LogP contribution < -0.4 is 10.1 Å². The van der Waals surface area contributed by atoms with Crippen molar-refractivity contribution in [3.8, 4) is 5.75 Å². The van der Waals surface area contributed by atoms with E-state index in [1.807, 2.05) is 12.1 Å². The highest BCUT2D eigenvalue weighted by Crippen LogP contribution is 2.15. The lowest BCUT2D eigenvalue weighted by atomic mass is 10.1. The lowest BCUT2D eigenvalue weighted by molar-refractivity contribution is 0.414. The number of anilines is 1. The smallest absolute Gasteiger partial charge is 0.130 e. The normalized spacial score (nSPS) is 12.1. The molecule has 5 heteroatoms. The molecule has 1 atom stereocenters. The third kappa shape index (κ3) is 3.42. The molecule has 0 fully saturated rings. The van der Waals surface area contributed by atoms with E-state index in [1.165, 1.54) is 17.1 Å². The zero-order valence-corrected chi connectivity index (χ0v) is 10.7. The Kier molecular flexibility index (Phi) is 3.93. The van der Waals surface area contributed by atoms with E-state index in [9.17, 15) is 0 Å². The molecule has 1 heterocycles. The summed E-state index contributed by atoms with van der Waals surface area (Å²) in [5, 5.41) is 8.16. The molecule has 0 radical (unpaired) electrons. The molecule has 0 aliphatic heterocycles. The van der Waals surface area contributed by atoms with Gasteiger partial charge in [-0.3, -0.25) is 0 Å². The third-order valence-corrected chi connectivity index (χ3v) is 3.05.